The molecule has 1 rings (SSSR count). The van der Waals surface area contributed by atoms with E-state index in [4.69, 9.17) is 0 Å². The molecule has 0 saturated heterocycles. The summed E-state index contributed by atoms with van der Waals surface area (Å²) in [7, 11) is 2.14. The molecule has 5 heteroatoms. The molecular weight excluding hydrogens is 399 g/mol. The summed E-state index contributed by atoms with van der Waals surface area (Å²) >= 11 is 0. The van der Waals surface area contributed by atoms with Crippen molar-refractivity contribution < 1.29 is 0 Å². The number of aliphatic imine (C=N–C) groups is 1. The van der Waals surface area contributed by atoms with E-state index >= 15 is 0 Å². The summed E-state index contributed by atoms with van der Waals surface area (Å²) in [5, 5.41) is 6.68. The highest BCUT2D eigenvalue weighted by Gasteiger charge is 2.00. The summed E-state index contributed by atoms with van der Waals surface area (Å²) in [6.07, 6.45) is 2.36. The monoisotopic (exact) mass is 432 g/mol. The molecule has 23 heavy (non-hydrogen) atoms. The van der Waals surface area contributed by atoms with Gasteiger partial charge in [-0.3, -0.25) is 0 Å². The number of hydrogen-bond donors (Lipinski definition) is 2. The molecule has 1 aromatic rings. The highest BCUT2D eigenvalue weighted by Crippen LogP contribution is 2.08. The second-order valence-electron chi connectivity index (χ2n) is 5.63. The summed E-state index contributed by atoms with van der Waals surface area (Å²) in [4.78, 5) is 6.98. The fourth-order valence-corrected chi connectivity index (χ4v) is 2.15. The lowest BCUT2D eigenvalue weighted by Crippen LogP contribution is -2.37. The number of nitrogens with zero attached hydrogens (tertiary/aromatic N) is 2. The summed E-state index contributed by atoms with van der Waals surface area (Å²) in [5.74, 6) is 0.909. The molecule has 0 aromatic heterocycles. The maximum atomic E-state index is 4.68. The number of unbranched alkanes of at least 4 members (excludes halogenated alkanes) is 1. The SMILES string of the molecule is CCCCNC(=NCc1cccc(CN(C)CC)c1)NCC.I. The summed E-state index contributed by atoms with van der Waals surface area (Å²) in [5.41, 5.74) is 2.61. The minimum Gasteiger partial charge on any atom is -0.357 e. The molecule has 0 aliphatic carbocycles. The lowest BCUT2D eigenvalue weighted by molar-refractivity contribution is 0.345. The second-order valence-corrected chi connectivity index (χ2v) is 5.63. The van der Waals surface area contributed by atoms with Crippen LogP contribution in [0.15, 0.2) is 29.3 Å². The molecule has 0 heterocycles. The standard InChI is InChI=1S/C18H32N4.HI/c1-5-8-12-20-18(19-6-2)21-14-16-10-9-11-17(13-16)15-22(4)7-3;/h9-11,13H,5-8,12,14-15H2,1-4H3,(H2,19,20,21);1H. The Balaban J connectivity index is 0.00000484. The first kappa shape index (κ1) is 22.2. The van der Waals surface area contributed by atoms with Crippen LogP contribution in [0.25, 0.3) is 0 Å². The Bertz CT molecular complexity index is 448. The van der Waals surface area contributed by atoms with E-state index in [9.17, 15) is 0 Å². The number of nitrogens with one attached hydrogen (secondary N) is 2. The van der Waals surface area contributed by atoms with Gasteiger partial charge in [0.25, 0.3) is 0 Å². The van der Waals surface area contributed by atoms with Crippen molar-refractivity contribution in [3.05, 3.63) is 35.4 Å². The molecule has 0 spiro atoms. The molecule has 0 bridgehead atoms. The quantitative estimate of drug-likeness (QED) is 0.271. The van der Waals surface area contributed by atoms with Gasteiger partial charge in [0.05, 0.1) is 6.54 Å². The Morgan fingerprint density at radius 1 is 1.13 bits per heavy atom. The molecule has 2 N–H and O–H groups in total. The van der Waals surface area contributed by atoms with Gasteiger partial charge in [0.2, 0.25) is 0 Å². The van der Waals surface area contributed by atoms with Crippen LogP contribution in [0.4, 0.5) is 0 Å². The fourth-order valence-electron chi connectivity index (χ4n) is 2.15. The maximum absolute atomic E-state index is 4.68. The normalized spacial score (nSPS) is 11.3. The van der Waals surface area contributed by atoms with Gasteiger partial charge in [0, 0.05) is 19.6 Å². The Morgan fingerprint density at radius 2 is 1.87 bits per heavy atom. The van der Waals surface area contributed by atoms with E-state index < -0.39 is 0 Å². The first-order chi connectivity index (χ1) is 10.7. The first-order valence-electron chi connectivity index (χ1n) is 8.48. The molecule has 1 aromatic carbocycles. The fraction of sp³-hybridized carbons (Fsp3) is 0.611. The molecule has 0 unspecified atom stereocenters. The molecule has 0 radical (unpaired) electrons. The van der Waals surface area contributed by atoms with E-state index in [2.05, 4.69) is 72.6 Å². The van der Waals surface area contributed by atoms with Crippen LogP contribution in [0.5, 0.6) is 0 Å². The Hall–Kier alpha value is -0.820. The Kier molecular flexibility index (Phi) is 13.1. The van der Waals surface area contributed by atoms with Crippen LogP contribution in [-0.2, 0) is 13.1 Å². The number of halogens is 1. The van der Waals surface area contributed by atoms with Crippen molar-refractivity contribution >= 4 is 29.9 Å². The van der Waals surface area contributed by atoms with Gasteiger partial charge in [0.1, 0.15) is 0 Å². The average molecular weight is 432 g/mol. The van der Waals surface area contributed by atoms with Crippen molar-refractivity contribution in [2.45, 2.75) is 46.7 Å². The summed E-state index contributed by atoms with van der Waals surface area (Å²) < 4.78 is 0. The Morgan fingerprint density at radius 3 is 2.52 bits per heavy atom. The third-order valence-electron chi connectivity index (χ3n) is 3.57. The largest absolute Gasteiger partial charge is 0.357 e. The predicted molar refractivity (Wildman–Crippen MR) is 112 cm³/mol. The second kappa shape index (κ2) is 13.6. The minimum atomic E-state index is 0. The van der Waals surface area contributed by atoms with Gasteiger partial charge in [0.15, 0.2) is 5.96 Å². The van der Waals surface area contributed by atoms with Gasteiger partial charge in [-0.1, -0.05) is 44.5 Å². The lowest BCUT2D eigenvalue weighted by Gasteiger charge is -2.14. The highest BCUT2D eigenvalue weighted by atomic mass is 127. The van der Waals surface area contributed by atoms with E-state index in [0.717, 1.165) is 32.1 Å². The van der Waals surface area contributed by atoms with Gasteiger partial charge < -0.3 is 15.5 Å². The van der Waals surface area contributed by atoms with Crippen molar-refractivity contribution in [2.24, 2.45) is 4.99 Å². The number of rotatable bonds is 9. The zero-order chi connectivity index (χ0) is 16.2. The van der Waals surface area contributed by atoms with E-state index in [-0.39, 0.29) is 24.0 Å². The smallest absolute Gasteiger partial charge is 0.191 e. The molecule has 132 valence electrons. The van der Waals surface area contributed by atoms with E-state index in [0.29, 0.717) is 6.54 Å². The summed E-state index contributed by atoms with van der Waals surface area (Å²) in [6, 6.07) is 8.71. The molecule has 0 atom stereocenters. The third-order valence-corrected chi connectivity index (χ3v) is 3.57. The van der Waals surface area contributed by atoms with Crippen molar-refractivity contribution in [3.8, 4) is 0 Å². The van der Waals surface area contributed by atoms with E-state index in [1.807, 2.05) is 0 Å². The topological polar surface area (TPSA) is 39.7 Å². The van der Waals surface area contributed by atoms with Gasteiger partial charge in [-0.25, -0.2) is 4.99 Å². The minimum absolute atomic E-state index is 0. The molecule has 0 aliphatic heterocycles. The van der Waals surface area contributed by atoms with Crippen molar-refractivity contribution in [1.29, 1.82) is 0 Å². The van der Waals surface area contributed by atoms with Crippen LogP contribution in [-0.4, -0.2) is 37.5 Å². The summed E-state index contributed by atoms with van der Waals surface area (Å²) in [6.45, 7) is 11.1. The molecule has 4 nitrogen and oxygen atoms in total. The third kappa shape index (κ3) is 9.81. The molecule has 0 fully saturated rings. The zero-order valence-corrected chi connectivity index (χ0v) is 17.4. The predicted octanol–water partition coefficient (Wildman–Crippen LogP) is 3.61. The first-order valence-corrected chi connectivity index (χ1v) is 8.48. The van der Waals surface area contributed by atoms with Crippen LogP contribution in [0.3, 0.4) is 0 Å². The van der Waals surface area contributed by atoms with Gasteiger partial charge in [-0.2, -0.15) is 0 Å². The molecule has 0 aliphatic rings. The van der Waals surface area contributed by atoms with Gasteiger partial charge in [-0.15, -0.1) is 24.0 Å². The van der Waals surface area contributed by atoms with E-state index in [1.165, 1.54) is 24.0 Å². The number of benzene rings is 1. The average Bonchev–Trinajstić information content (AvgIpc) is 2.53. The van der Waals surface area contributed by atoms with Crippen LogP contribution in [0.2, 0.25) is 0 Å². The van der Waals surface area contributed by atoms with Crippen molar-refractivity contribution in [1.82, 2.24) is 15.5 Å². The molecular formula is C18H33IN4. The van der Waals surface area contributed by atoms with Crippen molar-refractivity contribution in [3.63, 3.8) is 0 Å². The zero-order valence-electron chi connectivity index (χ0n) is 15.1. The maximum Gasteiger partial charge on any atom is 0.191 e. The number of guanidine groups is 1. The van der Waals surface area contributed by atoms with Gasteiger partial charge in [-0.05, 0) is 38.1 Å². The van der Waals surface area contributed by atoms with Crippen LogP contribution in [0.1, 0.15) is 44.7 Å². The van der Waals surface area contributed by atoms with Crippen LogP contribution < -0.4 is 10.6 Å². The van der Waals surface area contributed by atoms with E-state index in [1.54, 1.807) is 0 Å². The lowest BCUT2D eigenvalue weighted by atomic mass is 10.1. The molecule has 0 amide bonds. The van der Waals surface area contributed by atoms with Crippen LogP contribution in [0, 0.1) is 0 Å². The van der Waals surface area contributed by atoms with Crippen LogP contribution >= 0.6 is 24.0 Å². The number of hydrogen-bond acceptors (Lipinski definition) is 2. The van der Waals surface area contributed by atoms with Gasteiger partial charge >= 0.3 is 0 Å². The highest BCUT2D eigenvalue weighted by molar-refractivity contribution is 14.0. The van der Waals surface area contributed by atoms with Crippen molar-refractivity contribution in [2.75, 3.05) is 26.7 Å². The molecule has 0 saturated carbocycles. The Labute approximate surface area is 159 Å².